The number of carboxylic acid groups (broad SMARTS) is 1. The molecule has 0 heterocycles. The fourth-order valence-corrected chi connectivity index (χ4v) is 2.87. The molecule has 4 atom stereocenters. The molecule has 33 heavy (non-hydrogen) atoms. The van der Waals surface area contributed by atoms with Crippen LogP contribution < -0.4 is 38.9 Å². The number of carboxylic acids is 1. The highest BCUT2D eigenvalue weighted by Gasteiger charge is 2.29. The molecule has 0 aliphatic carbocycles. The number of hydrogen-bond donors (Lipinski definition) is 10. The van der Waals surface area contributed by atoms with E-state index in [1.807, 2.05) is 0 Å². The molecule has 0 aliphatic rings. The van der Waals surface area contributed by atoms with Crippen molar-refractivity contribution in [1.82, 2.24) is 16.0 Å². The van der Waals surface area contributed by atoms with Gasteiger partial charge in [-0.05, 0) is 38.6 Å². The number of guanidine groups is 1. The summed E-state index contributed by atoms with van der Waals surface area (Å²) in [6, 6.07) is -4.64. The predicted octanol–water partition coefficient (Wildman–Crippen LogP) is -4.04. The minimum Gasteiger partial charge on any atom is -0.480 e. The lowest BCUT2D eigenvalue weighted by molar-refractivity contribution is -0.143. The average molecular weight is 493 g/mol. The number of aliphatic hydroxyl groups is 1. The average Bonchev–Trinajstić information content (AvgIpc) is 2.76. The molecule has 0 saturated carbocycles. The summed E-state index contributed by atoms with van der Waals surface area (Å²) in [6.07, 6.45) is 2.10. The summed E-state index contributed by atoms with van der Waals surface area (Å²) >= 11 is 4.01. The summed E-state index contributed by atoms with van der Waals surface area (Å²) in [4.78, 5) is 52.3. The smallest absolute Gasteiger partial charge is 0.328 e. The quantitative estimate of drug-likeness (QED) is 0.0406. The van der Waals surface area contributed by atoms with E-state index in [-0.39, 0.29) is 24.6 Å². The van der Waals surface area contributed by atoms with Gasteiger partial charge in [0.2, 0.25) is 17.7 Å². The predicted molar refractivity (Wildman–Crippen MR) is 125 cm³/mol. The summed E-state index contributed by atoms with van der Waals surface area (Å²) in [6.45, 7) is -0.132. The number of carbonyl (C=O) groups excluding carboxylic acids is 3. The van der Waals surface area contributed by atoms with Gasteiger partial charge in [0.25, 0.3) is 0 Å². The summed E-state index contributed by atoms with van der Waals surface area (Å²) in [5.41, 5.74) is 21.8. The number of rotatable bonds is 17. The minimum atomic E-state index is -1.53. The van der Waals surface area contributed by atoms with E-state index in [9.17, 15) is 19.2 Å². The number of amides is 3. The second-order valence-corrected chi connectivity index (χ2v) is 7.59. The SMILES string of the molecule is NCCCCC(NC(=O)C(N)CCCN=C(N)N)C(=O)NC(CS)C(=O)NC(CO)C(=O)O. The summed E-state index contributed by atoms with van der Waals surface area (Å²) < 4.78 is 0. The van der Waals surface area contributed by atoms with Gasteiger partial charge in [0.05, 0.1) is 12.6 Å². The molecule has 0 radical (unpaired) electrons. The van der Waals surface area contributed by atoms with Crippen LogP contribution in [0.15, 0.2) is 4.99 Å². The van der Waals surface area contributed by atoms with Gasteiger partial charge in [-0.1, -0.05) is 0 Å². The molecular formula is C18H36N8O6S. The summed E-state index contributed by atoms with van der Waals surface area (Å²) in [5.74, 6) is -3.73. The van der Waals surface area contributed by atoms with Crippen molar-refractivity contribution >= 4 is 42.3 Å². The van der Waals surface area contributed by atoms with Crippen LogP contribution in [0.4, 0.5) is 0 Å². The third kappa shape index (κ3) is 12.9. The third-order valence-electron chi connectivity index (χ3n) is 4.50. The third-order valence-corrected chi connectivity index (χ3v) is 4.86. The molecule has 3 amide bonds. The van der Waals surface area contributed by atoms with Crippen LogP contribution >= 0.6 is 12.6 Å². The number of carbonyl (C=O) groups is 4. The Kier molecular flexibility index (Phi) is 15.6. The molecule has 15 heteroatoms. The first-order chi connectivity index (χ1) is 15.6. The molecule has 0 aromatic heterocycles. The highest BCUT2D eigenvalue weighted by atomic mass is 32.1. The van der Waals surface area contributed by atoms with Crippen LogP contribution in [0.1, 0.15) is 32.1 Å². The first-order valence-electron chi connectivity index (χ1n) is 10.4. The van der Waals surface area contributed by atoms with Crippen molar-refractivity contribution in [3.05, 3.63) is 0 Å². The van der Waals surface area contributed by atoms with Crippen molar-refractivity contribution in [3.8, 4) is 0 Å². The number of aliphatic imine (C=N–C) groups is 1. The minimum absolute atomic E-state index is 0.0684. The Labute approximate surface area is 197 Å². The van der Waals surface area contributed by atoms with E-state index >= 15 is 0 Å². The van der Waals surface area contributed by atoms with Crippen LogP contribution in [0, 0.1) is 0 Å². The molecular weight excluding hydrogens is 456 g/mol. The molecule has 0 bridgehead atoms. The molecule has 0 spiro atoms. The van der Waals surface area contributed by atoms with E-state index in [0.29, 0.717) is 32.4 Å². The van der Waals surface area contributed by atoms with Crippen molar-refractivity contribution in [1.29, 1.82) is 0 Å². The van der Waals surface area contributed by atoms with Gasteiger partial charge in [0.1, 0.15) is 18.1 Å². The second-order valence-electron chi connectivity index (χ2n) is 7.23. The fourth-order valence-electron chi connectivity index (χ4n) is 2.62. The standard InChI is InChI=1S/C18H36N8O6S/c19-6-2-1-5-11(24-14(28)10(20)4-3-7-23-18(21)22)15(29)26-13(9-33)16(30)25-12(8-27)17(31)32/h10-13,27,33H,1-9,19-20H2,(H,24,28)(H,25,30)(H,26,29)(H,31,32)(H4,21,22,23). The first kappa shape index (κ1) is 30.4. The Bertz CT molecular complexity index is 676. The van der Waals surface area contributed by atoms with Gasteiger partial charge in [-0.2, -0.15) is 12.6 Å². The molecule has 0 rings (SSSR count). The summed E-state index contributed by atoms with van der Waals surface area (Å²) in [5, 5.41) is 25.1. The van der Waals surface area contributed by atoms with Gasteiger partial charge in [-0.15, -0.1) is 0 Å². The van der Waals surface area contributed by atoms with E-state index < -0.39 is 54.5 Å². The van der Waals surface area contributed by atoms with Crippen molar-refractivity contribution in [2.24, 2.45) is 27.9 Å². The van der Waals surface area contributed by atoms with Crippen LogP contribution in [0.2, 0.25) is 0 Å². The highest BCUT2D eigenvalue weighted by molar-refractivity contribution is 7.80. The number of unbranched alkanes of at least 4 members (excludes halogenated alkanes) is 1. The molecule has 0 aliphatic heterocycles. The largest absolute Gasteiger partial charge is 0.480 e. The Morgan fingerprint density at radius 1 is 0.879 bits per heavy atom. The molecule has 14 nitrogen and oxygen atoms in total. The van der Waals surface area contributed by atoms with Gasteiger partial charge in [0, 0.05) is 12.3 Å². The fraction of sp³-hybridized carbons (Fsp3) is 0.722. The first-order valence-corrected chi connectivity index (χ1v) is 11.1. The Morgan fingerprint density at radius 3 is 1.97 bits per heavy atom. The number of aliphatic hydroxyl groups excluding tert-OH is 1. The lowest BCUT2D eigenvalue weighted by atomic mass is 10.1. The number of nitrogens with zero attached hydrogens (tertiary/aromatic N) is 1. The topological polar surface area (TPSA) is 261 Å². The number of nitrogens with two attached hydrogens (primary N) is 4. The summed E-state index contributed by atoms with van der Waals surface area (Å²) in [7, 11) is 0. The Morgan fingerprint density at radius 2 is 1.45 bits per heavy atom. The van der Waals surface area contributed by atoms with Crippen LogP contribution in [-0.2, 0) is 19.2 Å². The molecule has 0 aromatic carbocycles. The molecule has 4 unspecified atom stereocenters. The van der Waals surface area contributed by atoms with Crippen LogP contribution in [-0.4, -0.2) is 89.5 Å². The van der Waals surface area contributed by atoms with E-state index in [4.69, 9.17) is 33.1 Å². The Hall–Kier alpha value is -2.62. The van der Waals surface area contributed by atoms with Crippen LogP contribution in [0.3, 0.4) is 0 Å². The van der Waals surface area contributed by atoms with Gasteiger partial charge in [-0.3, -0.25) is 19.4 Å². The lowest BCUT2D eigenvalue weighted by Gasteiger charge is -2.24. The van der Waals surface area contributed by atoms with E-state index in [1.54, 1.807) is 0 Å². The van der Waals surface area contributed by atoms with Gasteiger partial charge < -0.3 is 49.1 Å². The van der Waals surface area contributed by atoms with Crippen LogP contribution in [0.5, 0.6) is 0 Å². The number of nitrogens with one attached hydrogen (secondary N) is 3. The normalized spacial score (nSPS) is 14.3. The van der Waals surface area contributed by atoms with Crippen molar-refractivity contribution < 1.29 is 29.4 Å². The number of aliphatic carboxylic acids is 1. The van der Waals surface area contributed by atoms with Gasteiger partial charge in [0.15, 0.2) is 5.96 Å². The number of hydrogen-bond acceptors (Lipinski definition) is 9. The van der Waals surface area contributed by atoms with Crippen LogP contribution in [0.25, 0.3) is 0 Å². The zero-order valence-corrected chi connectivity index (χ0v) is 19.3. The van der Waals surface area contributed by atoms with E-state index in [0.717, 1.165) is 0 Å². The second kappa shape index (κ2) is 16.9. The molecule has 13 N–H and O–H groups in total. The maximum atomic E-state index is 12.8. The maximum Gasteiger partial charge on any atom is 0.328 e. The zero-order chi connectivity index (χ0) is 25.4. The molecule has 0 fully saturated rings. The zero-order valence-electron chi connectivity index (χ0n) is 18.4. The monoisotopic (exact) mass is 492 g/mol. The van der Waals surface area contributed by atoms with Crippen molar-refractivity contribution in [2.45, 2.75) is 56.3 Å². The molecule has 190 valence electrons. The van der Waals surface area contributed by atoms with Crippen molar-refractivity contribution in [3.63, 3.8) is 0 Å². The maximum absolute atomic E-state index is 12.8. The molecule has 0 aromatic rings. The highest BCUT2D eigenvalue weighted by Crippen LogP contribution is 2.04. The lowest BCUT2D eigenvalue weighted by Crippen LogP contribution is -2.58. The van der Waals surface area contributed by atoms with Gasteiger partial charge in [-0.25, -0.2) is 4.79 Å². The Balaban J connectivity index is 5.09. The van der Waals surface area contributed by atoms with Gasteiger partial charge >= 0.3 is 5.97 Å². The molecule has 0 saturated heterocycles. The van der Waals surface area contributed by atoms with E-state index in [1.165, 1.54) is 0 Å². The van der Waals surface area contributed by atoms with Crippen molar-refractivity contribution in [2.75, 3.05) is 25.4 Å². The van der Waals surface area contributed by atoms with E-state index in [2.05, 4.69) is 33.6 Å². The number of thiol groups is 1.